The largest absolute Gasteiger partial charge is 0.249 e. The average molecular weight is 237 g/mol. The lowest BCUT2D eigenvalue weighted by atomic mass is 9.85. The molecule has 1 aromatic rings. The summed E-state index contributed by atoms with van der Waals surface area (Å²) in [7, 11) is 0. The van der Waals surface area contributed by atoms with E-state index in [1.54, 1.807) is 0 Å². The summed E-state index contributed by atoms with van der Waals surface area (Å²) in [6.07, 6.45) is 2.04. The number of hydrogen-bond donors (Lipinski definition) is 0. The van der Waals surface area contributed by atoms with Crippen LogP contribution in [-0.2, 0) is 19.4 Å². The number of nitrogens with zero attached hydrogens (tertiary/aromatic N) is 3. The van der Waals surface area contributed by atoms with E-state index in [2.05, 4.69) is 58.8 Å². The van der Waals surface area contributed by atoms with Crippen molar-refractivity contribution in [2.75, 3.05) is 0 Å². The van der Waals surface area contributed by atoms with E-state index in [0.29, 0.717) is 0 Å². The lowest BCUT2D eigenvalue weighted by Crippen LogP contribution is -2.17. The molecule has 1 heterocycles. The highest BCUT2D eigenvalue weighted by Crippen LogP contribution is 2.26. The van der Waals surface area contributed by atoms with Gasteiger partial charge in [0.05, 0.1) is 11.4 Å². The van der Waals surface area contributed by atoms with Crippen molar-refractivity contribution in [3.8, 4) is 0 Å². The molecule has 17 heavy (non-hydrogen) atoms. The predicted octanol–water partition coefficient (Wildman–Crippen LogP) is 3.48. The molecule has 0 saturated carbocycles. The molecule has 98 valence electrons. The molecule has 0 aliphatic heterocycles. The Hall–Kier alpha value is -0.860. The van der Waals surface area contributed by atoms with Gasteiger partial charge in [-0.15, -0.1) is 5.10 Å². The minimum atomic E-state index is 0.265. The van der Waals surface area contributed by atoms with Crippen molar-refractivity contribution >= 4 is 0 Å². The highest BCUT2D eigenvalue weighted by Gasteiger charge is 2.22. The first kappa shape index (κ1) is 14.2. The summed E-state index contributed by atoms with van der Waals surface area (Å²) >= 11 is 0. The van der Waals surface area contributed by atoms with Crippen LogP contribution in [0.1, 0.15) is 59.9 Å². The lowest BCUT2D eigenvalue weighted by molar-refractivity contribution is 0.380. The highest BCUT2D eigenvalue weighted by atomic mass is 15.4. The molecule has 0 N–H and O–H groups in total. The lowest BCUT2D eigenvalue weighted by Gasteiger charge is -2.21. The van der Waals surface area contributed by atoms with E-state index in [1.807, 2.05) is 4.68 Å². The summed E-state index contributed by atoms with van der Waals surface area (Å²) in [6.45, 7) is 16.6. The molecule has 0 aromatic carbocycles. The average Bonchev–Trinajstić information content (AvgIpc) is 2.43. The van der Waals surface area contributed by atoms with Crippen LogP contribution in [0.5, 0.6) is 0 Å². The first-order valence-electron chi connectivity index (χ1n) is 6.53. The summed E-state index contributed by atoms with van der Waals surface area (Å²) in [6, 6.07) is 0. The second-order valence-electron chi connectivity index (χ2n) is 7.27. The molecule has 1 aromatic heterocycles. The second kappa shape index (κ2) is 4.79. The SMILES string of the molecule is CCn1nnc(CC(C)(C)C)c1CC(C)(C)C. The maximum atomic E-state index is 4.37. The number of aromatic nitrogens is 3. The van der Waals surface area contributed by atoms with Crippen LogP contribution in [0, 0.1) is 10.8 Å². The number of aryl methyl sites for hydroxylation is 1. The summed E-state index contributed by atoms with van der Waals surface area (Å²) in [4.78, 5) is 0. The molecule has 0 fully saturated rings. The molecule has 0 bridgehead atoms. The minimum Gasteiger partial charge on any atom is -0.249 e. The Morgan fingerprint density at radius 1 is 0.941 bits per heavy atom. The molecule has 0 saturated heterocycles. The molecular formula is C14H27N3. The van der Waals surface area contributed by atoms with E-state index in [9.17, 15) is 0 Å². The van der Waals surface area contributed by atoms with Crippen molar-refractivity contribution in [1.29, 1.82) is 0 Å². The van der Waals surface area contributed by atoms with Gasteiger partial charge in [-0.25, -0.2) is 4.68 Å². The van der Waals surface area contributed by atoms with Crippen molar-refractivity contribution in [2.45, 2.75) is 67.9 Å². The van der Waals surface area contributed by atoms with Crippen LogP contribution >= 0.6 is 0 Å². The van der Waals surface area contributed by atoms with Crippen LogP contribution in [0.3, 0.4) is 0 Å². The normalized spacial score (nSPS) is 13.1. The van der Waals surface area contributed by atoms with Gasteiger partial charge < -0.3 is 0 Å². The summed E-state index contributed by atoms with van der Waals surface area (Å²) in [5.74, 6) is 0. The van der Waals surface area contributed by atoms with Crippen molar-refractivity contribution in [2.24, 2.45) is 10.8 Å². The van der Waals surface area contributed by atoms with Crippen LogP contribution in [0.2, 0.25) is 0 Å². The molecule has 3 heteroatoms. The first-order chi connectivity index (χ1) is 7.62. The number of hydrogen-bond acceptors (Lipinski definition) is 2. The standard InChI is InChI=1S/C14H27N3/c1-8-17-12(10-14(5,6)7)11(15-16-17)9-13(2,3)4/h8-10H2,1-7H3. The van der Waals surface area contributed by atoms with E-state index < -0.39 is 0 Å². The van der Waals surface area contributed by atoms with E-state index in [-0.39, 0.29) is 10.8 Å². The van der Waals surface area contributed by atoms with Gasteiger partial charge in [-0.05, 0) is 30.6 Å². The fourth-order valence-corrected chi connectivity index (χ4v) is 1.96. The highest BCUT2D eigenvalue weighted by molar-refractivity contribution is 5.13. The van der Waals surface area contributed by atoms with Gasteiger partial charge in [0.1, 0.15) is 0 Å². The fraction of sp³-hybridized carbons (Fsp3) is 0.857. The molecule has 0 spiro atoms. The van der Waals surface area contributed by atoms with Crippen LogP contribution in [0.15, 0.2) is 0 Å². The van der Waals surface area contributed by atoms with Crippen molar-refractivity contribution in [1.82, 2.24) is 15.0 Å². The Kier molecular flexibility index (Phi) is 4.00. The van der Waals surface area contributed by atoms with Crippen LogP contribution in [-0.4, -0.2) is 15.0 Å². The number of rotatable bonds is 3. The monoisotopic (exact) mass is 237 g/mol. The zero-order valence-electron chi connectivity index (χ0n) is 12.5. The summed E-state index contributed by atoms with van der Waals surface area (Å²) in [5.41, 5.74) is 3.03. The van der Waals surface area contributed by atoms with Gasteiger partial charge in [-0.1, -0.05) is 46.8 Å². The van der Waals surface area contributed by atoms with E-state index in [4.69, 9.17) is 0 Å². The summed E-state index contributed by atoms with van der Waals surface area (Å²) in [5, 5.41) is 8.64. The zero-order valence-corrected chi connectivity index (χ0v) is 12.5. The summed E-state index contributed by atoms with van der Waals surface area (Å²) < 4.78 is 2.05. The van der Waals surface area contributed by atoms with Gasteiger partial charge >= 0.3 is 0 Å². The van der Waals surface area contributed by atoms with Gasteiger partial charge in [-0.3, -0.25) is 0 Å². The van der Waals surface area contributed by atoms with Crippen LogP contribution in [0.4, 0.5) is 0 Å². The Balaban J connectivity index is 3.02. The third-order valence-electron chi connectivity index (χ3n) is 2.61. The van der Waals surface area contributed by atoms with Gasteiger partial charge in [-0.2, -0.15) is 0 Å². The third-order valence-corrected chi connectivity index (χ3v) is 2.61. The zero-order chi connectivity index (χ0) is 13.3. The van der Waals surface area contributed by atoms with Crippen molar-refractivity contribution in [3.05, 3.63) is 11.4 Å². The Labute approximate surface area is 106 Å². The Morgan fingerprint density at radius 2 is 1.47 bits per heavy atom. The molecular weight excluding hydrogens is 210 g/mol. The quantitative estimate of drug-likeness (QED) is 0.806. The van der Waals surface area contributed by atoms with Crippen LogP contribution in [0.25, 0.3) is 0 Å². The van der Waals surface area contributed by atoms with E-state index >= 15 is 0 Å². The topological polar surface area (TPSA) is 30.7 Å². The Morgan fingerprint density at radius 3 is 1.88 bits per heavy atom. The smallest absolute Gasteiger partial charge is 0.0864 e. The van der Waals surface area contributed by atoms with Crippen molar-refractivity contribution < 1.29 is 0 Å². The maximum absolute atomic E-state index is 4.37. The van der Waals surface area contributed by atoms with E-state index in [1.165, 1.54) is 11.4 Å². The maximum Gasteiger partial charge on any atom is 0.0864 e. The fourth-order valence-electron chi connectivity index (χ4n) is 1.96. The van der Waals surface area contributed by atoms with Gasteiger partial charge in [0, 0.05) is 6.54 Å². The minimum absolute atomic E-state index is 0.265. The van der Waals surface area contributed by atoms with Gasteiger partial charge in [0.15, 0.2) is 0 Å². The molecule has 0 aliphatic rings. The third kappa shape index (κ3) is 4.49. The van der Waals surface area contributed by atoms with Gasteiger partial charge in [0.2, 0.25) is 0 Å². The first-order valence-corrected chi connectivity index (χ1v) is 6.53. The molecule has 1 rings (SSSR count). The predicted molar refractivity (Wildman–Crippen MR) is 72.0 cm³/mol. The molecule has 0 aliphatic carbocycles. The molecule has 0 radical (unpaired) electrons. The molecule has 0 atom stereocenters. The van der Waals surface area contributed by atoms with Gasteiger partial charge in [0.25, 0.3) is 0 Å². The Bertz CT molecular complexity index is 364. The van der Waals surface area contributed by atoms with E-state index in [0.717, 1.165) is 19.4 Å². The second-order valence-corrected chi connectivity index (χ2v) is 7.27. The van der Waals surface area contributed by atoms with Crippen LogP contribution < -0.4 is 0 Å². The molecule has 0 unspecified atom stereocenters. The van der Waals surface area contributed by atoms with Crippen molar-refractivity contribution in [3.63, 3.8) is 0 Å². The molecule has 0 amide bonds. The molecule has 3 nitrogen and oxygen atoms in total.